The molecular formula is C11H6O5. The second-order valence-corrected chi connectivity index (χ2v) is 3.56. The van der Waals surface area contributed by atoms with E-state index in [0.29, 0.717) is 10.9 Å². The van der Waals surface area contributed by atoms with E-state index in [0.717, 1.165) is 0 Å². The third-order valence-corrected chi connectivity index (χ3v) is 2.43. The molecule has 1 aliphatic rings. The molecule has 0 spiro atoms. The lowest BCUT2D eigenvalue weighted by molar-refractivity contribution is -0.133. The van der Waals surface area contributed by atoms with E-state index in [9.17, 15) is 14.7 Å². The van der Waals surface area contributed by atoms with E-state index >= 15 is 0 Å². The van der Waals surface area contributed by atoms with Gasteiger partial charge in [0.2, 0.25) is 0 Å². The molecule has 1 N–H and O–H groups in total. The number of ether oxygens (including phenoxy) is 1. The normalized spacial score (nSPS) is 13.9. The topological polar surface area (TPSA) is 76.7 Å². The van der Waals surface area contributed by atoms with Crippen molar-refractivity contribution in [2.45, 2.75) is 6.42 Å². The van der Waals surface area contributed by atoms with E-state index in [1.807, 2.05) is 0 Å². The minimum atomic E-state index is -0.547. The molecule has 2 heterocycles. The summed E-state index contributed by atoms with van der Waals surface area (Å²) >= 11 is 0. The molecule has 3 rings (SSSR count). The Morgan fingerprint density at radius 1 is 1.19 bits per heavy atom. The number of esters is 1. The first kappa shape index (κ1) is 8.96. The van der Waals surface area contributed by atoms with Crippen molar-refractivity contribution in [1.82, 2.24) is 0 Å². The molecule has 0 atom stereocenters. The summed E-state index contributed by atoms with van der Waals surface area (Å²) in [5, 5.41) is 9.95. The van der Waals surface area contributed by atoms with Gasteiger partial charge in [-0.1, -0.05) is 0 Å². The summed E-state index contributed by atoms with van der Waals surface area (Å²) in [7, 11) is 0. The van der Waals surface area contributed by atoms with Crippen LogP contribution in [0.3, 0.4) is 0 Å². The Bertz CT molecular complexity index is 668. The number of carbonyl (C=O) groups is 1. The van der Waals surface area contributed by atoms with Gasteiger partial charge in [0.15, 0.2) is 0 Å². The van der Waals surface area contributed by atoms with E-state index in [1.165, 1.54) is 18.2 Å². The van der Waals surface area contributed by atoms with Crippen LogP contribution in [0.25, 0.3) is 11.0 Å². The van der Waals surface area contributed by atoms with Crippen LogP contribution in [-0.2, 0) is 11.2 Å². The Balaban J connectivity index is 2.51. The highest BCUT2D eigenvalue weighted by atomic mass is 16.5. The third kappa shape index (κ3) is 1.18. The van der Waals surface area contributed by atoms with E-state index in [4.69, 9.17) is 9.15 Å². The van der Waals surface area contributed by atoms with E-state index in [2.05, 4.69) is 0 Å². The molecule has 80 valence electrons. The first-order valence-corrected chi connectivity index (χ1v) is 4.64. The molecule has 5 nitrogen and oxygen atoms in total. The summed E-state index contributed by atoms with van der Waals surface area (Å²) in [6.07, 6.45) is 0.0415. The van der Waals surface area contributed by atoms with Crippen LogP contribution in [0, 0.1) is 0 Å². The maximum Gasteiger partial charge on any atom is 0.336 e. The Morgan fingerprint density at radius 3 is 2.81 bits per heavy atom. The highest BCUT2D eigenvalue weighted by Crippen LogP contribution is 2.35. The number of phenols is 1. The molecule has 0 aliphatic carbocycles. The molecule has 2 aromatic rings. The predicted molar refractivity (Wildman–Crippen MR) is 53.5 cm³/mol. The molecule has 1 aliphatic heterocycles. The molecule has 0 amide bonds. The molecule has 1 aromatic heterocycles. The molecule has 0 saturated heterocycles. The maximum atomic E-state index is 11.3. The van der Waals surface area contributed by atoms with Crippen molar-refractivity contribution in [2.75, 3.05) is 0 Å². The average Bonchev–Trinajstić information content (AvgIpc) is 2.14. The Hall–Kier alpha value is -2.30. The zero-order valence-electron chi connectivity index (χ0n) is 8.02. The summed E-state index contributed by atoms with van der Waals surface area (Å²) in [6, 6.07) is 3.91. The SMILES string of the molecule is O=C1Cc2cc(=O)oc3cc(O)cc(c23)O1. The van der Waals surface area contributed by atoms with Gasteiger partial charge < -0.3 is 14.3 Å². The molecule has 0 fully saturated rings. The zero-order valence-corrected chi connectivity index (χ0v) is 8.02. The predicted octanol–water partition coefficient (Wildman–Crippen LogP) is 0.960. The van der Waals surface area contributed by atoms with Gasteiger partial charge in [-0.15, -0.1) is 0 Å². The van der Waals surface area contributed by atoms with Crippen molar-refractivity contribution in [1.29, 1.82) is 0 Å². The summed E-state index contributed by atoms with van der Waals surface area (Å²) in [6.45, 7) is 0. The van der Waals surface area contributed by atoms with Gasteiger partial charge in [-0.05, 0) is 5.56 Å². The second-order valence-electron chi connectivity index (χ2n) is 3.56. The summed E-state index contributed by atoms with van der Waals surface area (Å²) in [5.41, 5.74) is 0.247. The largest absolute Gasteiger partial charge is 0.508 e. The van der Waals surface area contributed by atoms with Crippen molar-refractivity contribution in [3.63, 3.8) is 0 Å². The van der Waals surface area contributed by atoms with E-state index in [1.54, 1.807) is 0 Å². The van der Waals surface area contributed by atoms with Crippen molar-refractivity contribution in [2.24, 2.45) is 0 Å². The average molecular weight is 218 g/mol. The van der Waals surface area contributed by atoms with Crippen LogP contribution < -0.4 is 10.4 Å². The maximum absolute atomic E-state index is 11.3. The Morgan fingerprint density at radius 2 is 2.00 bits per heavy atom. The lowest BCUT2D eigenvalue weighted by atomic mass is 10.0. The molecule has 5 heteroatoms. The number of aromatic hydroxyl groups is 1. The van der Waals surface area contributed by atoms with Crippen LogP contribution in [-0.4, -0.2) is 11.1 Å². The molecule has 0 bridgehead atoms. The molecule has 0 saturated carbocycles. The fourth-order valence-corrected chi connectivity index (χ4v) is 1.86. The Labute approximate surface area is 88.9 Å². The number of hydrogen-bond donors (Lipinski definition) is 1. The molecule has 0 radical (unpaired) electrons. The minimum absolute atomic E-state index is 0.0415. The van der Waals surface area contributed by atoms with Gasteiger partial charge >= 0.3 is 11.6 Å². The van der Waals surface area contributed by atoms with Crippen LogP contribution in [0.2, 0.25) is 0 Å². The quantitative estimate of drug-likeness (QED) is 0.405. The van der Waals surface area contributed by atoms with E-state index < -0.39 is 11.6 Å². The zero-order chi connectivity index (χ0) is 11.3. The number of carbonyl (C=O) groups excluding carboxylic acids is 1. The highest BCUT2D eigenvalue weighted by Gasteiger charge is 2.22. The van der Waals surface area contributed by atoms with Crippen LogP contribution in [0.4, 0.5) is 0 Å². The van der Waals surface area contributed by atoms with Crippen LogP contribution in [0.15, 0.2) is 27.4 Å². The minimum Gasteiger partial charge on any atom is -0.508 e. The monoisotopic (exact) mass is 218 g/mol. The van der Waals surface area contributed by atoms with Crippen LogP contribution in [0.1, 0.15) is 5.56 Å². The van der Waals surface area contributed by atoms with E-state index in [-0.39, 0.29) is 23.5 Å². The lowest BCUT2D eigenvalue weighted by Gasteiger charge is -2.15. The molecule has 16 heavy (non-hydrogen) atoms. The standard InChI is InChI=1S/C11H6O5/c12-6-3-7-11-5(1-9(13)15-7)2-10(14)16-8(11)4-6/h1,3-4,12H,2H2. The fraction of sp³-hybridized carbons (Fsp3) is 0.0909. The van der Waals surface area contributed by atoms with Crippen molar-refractivity contribution < 1.29 is 19.1 Å². The smallest absolute Gasteiger partial charge is 0.336 e. The summed E-state index contributed by atoms with van der Waals surface area (Å²) in [4.78, 5) is 22.5. The summed E-state index contributed by atoms with van der Waals surface area (Å²) in [5.74, 6) is -0.340. The van der Waals surface area contributed by atoms with Gasteiger partial charge in [-0.2, -0.15) is 0 Å². The highest BCUT2D eigenvalue weighted by molar-refractivity contribution is 5.96. The van der Waals surface area contributed by atoms with Gasteiger partial charge in [-0.3, -0.25) is 4.79 Å². The van der Waals surface area contributed by atoms with Gasteiger partial charge in [0.1, 0.15) is 17.1 Å². The van der Waals surface area contributed by atoms with Crippen molar-refractivity contribution >= 4 is 16.9 Å². The number of benzene rings is 1. The second kappa shape index (κ2) is 2.85. The molecule has 1 aromatic carbocycles. The van der Waals surface area contributed by atoms with Gasteiger partial charge in [-0.25, -0.2) is 4.79 Å². The third-order valence-electron chi connectivity index (χ3n) is 2.43. The van der Waals surface area contributed by atoms with Crippen LogP contribution >= 0.6 is 0 Å². The van der Waals surface area contributed by atoms with Gasteiger partial charge in [0.05, 0.1) is 11.8 Å². The fourth-order valence-electron chi connectivity index (χ4n) is 1.86. The van der Waals surface area contributed by atoms with Gasteiger partial charge in [0.25, 0.3) is 0 Å². The number of rotatable bonds is 0. The summed E-state index contributed by atoms with van der Waals surface area (Å²) < 4.78 is 9.89. The lowest BCUT2D eigenvalue weighted by Crippen LogP contribution is -2.18. The molecular weight excluding hydrogens is 212 g/mol. The number of phenolic OH excluding ortho intramolecular Hbond substituents is 1. The number of hydrogen-bond acceptors (Lipinski definition) is 5. The first-order chi connectivity index (χ1) is 7.63. The Kier molecular flexibility index (Phi) is 1.60. The van der Waals surface area contributed by atoms with Gasteiger partial charge in [0, 0.05) is 18.2 Å². The van der Waals surface area contributed by atoms with Crippen LogP contribution in [0.5, 0.6) is 11.5 Å². The van der Waals surface area contributed by atoms with Crippen molar-refractivity contribution in [3.8, 4) is 11.5 Å². The first-order valence-electron chi connectivity index (χ1n) is 4.64. The van der Waals surface area contributed by atoms with Crippen molar-refractivity contribution in [3.05, 3.63) is 34.2 Å². The molecule has 0 unspecified atom stereocenters.